The van der Waals surface area contributed by atoms with E-state index < -0.39 is 5.97 Å². The first-order valence-electron chi connectivity index (χ1n) is 10.7. The Bertz CT molecular complexity index is 562. The van der Waals surface area contributed by atoms with Crippen LogP contribution in [0.3, 0.4) is 0 Å². The number of amides is 2. The second-order valence-corrected chi connectivity index (χ2v) is 9.58. The van der Waals surface area contributed by atoms with Crippen molar-refractivity contribution < 1.29 is 19.1 Å². The van der Waals surface area contributed by atoms with Crippen LogP contribution in [0.2, 0.25) is 0 Å². The number of carbonyl (C=O) groups is 3. The van der Waals surface area contributed by atoms with Gasteiger partial charge >= 0.3 is 5.97 Å². The van der Waals surface area contributed by atoms with Crippen molar-refractivity contribution in [3.05, 3.63) is 0 Å². The van der Waals surface area contributed by atoms with Crippen molar-refractivity contribution in [2.24, 2.45) is 23.2 Å². The van der Waals surface area contributed by atoms with Gasteiger partial charge in [-0.1, -0.05) is 12.8 Å². The molecule has 5 saturated carbocycles. The summed E-state index contributed by atoms with van der Waals surface area (Å²) in [6.45, 7) is -0.415. The molecule has 6 heteroatoms. The SMILES string of the molecule is O=C(CC12CC3CC(CC(C3)C1)C2)NCC(=O)OCC(=O)NC1CCCC1. The van der Waals surface area contributed by atoms with E-state index in [1.807, 2.05) is 0 Å². The Morgan fingerprint density at radius 2 is 1.48 bits per heavy atom. The van der Waals surface area contributed by atoms with Gasteiger partial charge in [-0.2, -0.15) is 0 Å². The minimum Gasteiger partial charge on any atom is -0.454 e. The Morgan fingerprint density at radius 3 is 2.07 bits per heavy atom. The number of esters is 1. The van der Waals surface area contributed by atoms with Crippen molar-refractivity contribution in [2.45, 2.75) is 76.7 Å². The van der Waals surface area contributed by atoms with Crippen molar-refractivity contribution in [3.8, 4) is 0 Å². The third kappa shape index (κ3) is 4.64. The summed E-state index contributed by atoms with van der Waals surface area (Å²) in [6, 6.07) is 0.219. The predicted molar refractivity (Wildman–Crippen MR) is 99.6 cm³/mol. The lowest BCUT2D eigenvalue weighted by molar-refractivity contribution is -0.149. The van der Waals surface area contributed by atoms with Gasteiger partial charge < -0.3 is 15.4 Å². The van der Waals surface area contributed by atoms with E-state index in [9.17, 15) is 14.4 Å². The van der Waals surface area contributed by atoms with E-state index in [-0.39, 0.29) is 36.4 Å². The number of nitrogens with one attached hydrogen (secondary N) is 2. The average Bonchev–Trinajstić information content (AvgIpc) is 3.09. The van der Waals surface area contributed by atoms with Gasteiger partial charge in [0, 0.05) is 12.5 Å². The van der Waals surface area contributed by atoms with Crippen LogP contribution in [-0.2, 0) is 19.1 Å². The van der Waals surface area contributed by atoms with E-state index in [0.717, 1.165) is 43.4 Å². The fourth-order valence-electron chi connectivity index (χ4n) is 6.62. The fourth-order valence-corrected chi connectivity index (χ4v) is 6.62. The Morgan fingerprint density at radius 1 is 0.889 bits per heavy atom. The Labute approximate surface area is 161 Å². The van der Waals surface area contributed by atoms with Gasteiger partial charge in [0.1, 0.15) is 6.54 Å². The van der Waals surface area contributed by atoms with Crippen LogP contribution in [0.4, 0.5) is 0 Å². The van der Waals surface area contributed by atoms with Gasteiger partial charge in [0.25, 0.3) is 5.91 Å². The summed E-state index contributed by atoms with van der Waals surface area (Å²) in [5.74, 6) is 1.59. The molecule has 5 aliphatic carbocycles. The molecule has 2 amide bonds. The quantitative estimate of drug-likeness (QED) is 0.668. The van der Waals surface area contributed by atoms with Gasteiger partial charge in [0.05, 0.1) is 0 Å². The molecule has 150 valence electrons. The zero-order valence-corrected chi connectivity index (χ0v) is 16.1. The summed E-state index contributed by atoms with van der Waals surface area (Å²) < 4.78 is 4.99. The second kappa shape index (κ2) is 7.80. The highest BCUT2D eigenvalue weighted by atomic mass is 16.5. The molecule has 0 spiro atoms. The van der Waals surface area contributed by atoms with Gasteiger partial charge in [-0.05, 0) is 74.5 Å². The summed E-state index contributed by atoms with van der Waals surface area (Å²) in [7, 11) is 0. The van der Waals surface area contributed by atoms with E-state index in [1.54, 1.807) is 0 Å². The standard InChI is InChI=1S/C21H32N2O4/c24-18(11-21-8-14-5-15(9-21)7-16(6-14)10-21)22-12-20(26)27-13-19(25)23-17-3-1-2-4-17/h14-17H,1-13H2,(H,22,24)(H,23,25). The molecule has 0 aromatic heterocycles. The molecule has 0 heterocycles. The van der Waals surface area contributed by atoms with E-state index in [2.05, 4.69) is 10.6 Å². The zero-order valence-electron chi connectivity index (χ0n) is 16.1. The van der Waals surface area contributed by atoms with Crippen molar-refractivity contribution in [1.29, 1.82) is 0 Å². The lowest BCUT2D eigenvalue weighted by atomic mass is 9.49. The maximum atomic E-state index is 12.4. The van der Waals surface area contributed by atoms with Crippen LogP contribution in [0, 0.1) is 23.2 Å². The van der Waals surface area contributed by atoms with Crippen LogP contribution in [0.25, 0.3) is 0 Å². The smallest absolute Gasteiger partial charge is 0.325 e. The monoisotopic (exact) mass is 376 g/mol. The molecular formula is C21H32N2O4. The largest absolute Gasteiger partial charge is 0.454 e. The number of carbonyl (C=O) groups excluding carboxylic acids is 3. The van der Waals surface area contributed by atoms with Crippen LogP contribution in [0.1, 0.15) is 70.6 Å². The molecule has 5 rings (SSSR count). The van der Waals surface area contributed by atoms with Crippen LogP contribution >= 0.6 is 0 Å². The Balaban J connectivity index is 1.15. The number of ether oxygens (including phenoxy) is 1. The van der Waals surface area contributed by atoms with Gasteiger partial charge in [-0.25, -0.2) is 0 Å². The maximum Gasteiger partial charge on any atom is 0.325 e. The van der Waals surface area contributed by atoms with Crippen molar-refractivity contribution >= 4 is 17.8 Å². The Kier molecular flexibility index (Phi) is 5.42. The summed E-state index contributed by atoms with van der Waals surface area (Å²) in [5.41, 5.74) is 0.171. The normalized spacial score (nSPS) is 34.4. The highest BCUT2D eigenvalue weighted by Gasteiger charge is 2.51. The molecular weight excluding hydrogens is 344 g/mol. The third-order valence-corrected chi connectivity index (χ3v) is 7.22. The van der Waals surface area contributed by atoms with Crippen LogP contribution < -0.4 is 10.6 Å². The van der Waals surface area contributed by atoms with Crippen LogP contribution in [0.15, 0.2) is 0 Å². The first kappa shape index (κ1) is 18.8. The number of hydrogen-bond acceptors (Lipinski definition) is 4. The second-order valence-electron chi connectivity index (χ2n) is 9.58. The molecule has 27 heavy (non-hydrogen) atoms. The predicted octanol–water partition coefficient (Wildman–Crippen LogP) is 2.31. The van der Waals surface area contributed by atoms with E-state index in [4.69, 9.17) is 4.74 Å². The highest BCUT2D eigenvalue weighted by molar-refractivity contribution is 5.84. The lowest BCUT2D eigenvalue weighted by Gasteiger charge is -2.56. The molecule has 6 nitrogen and oxygen atoms in total. The van der Waals surface area contributed by atoms with Gasteiger partial charge in [-0.3, -0.25) is 14.4 Å². The molecule has 0 atom stereocenters. The first-order valence-corrected chi connectivity index (χ1v) is 10.7. The van der Waals surface area contributed by atoms with Gasteiger partial charge in [0.15, 0.2) is 6.61 Å². The maximum absolute atomic E-state index is 12.4. The molecule has 5 aliphatic rings. The molecule has 0 radical (unpaired) electrons. The summed E-state index contributed by atoms with van der Waals surface area (Å²) in [4.78, 5) is 36.0. The average molecular weight is 376 g/mol. The van der Waals surface area contributed by atoms with Gasteiger partial charge in [-0.15, -0.1) is 0 Å². The van der Waals surface area contributed by atoms with E-state index >= 15 is 0 Å². The highest BCUT2D eigenvalue weighted by Crippen LogP contribution is 2.61. The zero-order chi connectivity index (χ0) is 18.9. The lowest BCUT2D eigenvalue weighted by Crippen LogP contribution is -2.48. The molecule has 4 bridgehead atoms. The number of hydrogen-bond donors (Lipinski definition) is 2. The van der Waals surface area contributed by atoms with E-state index in [1.165, 1.54) is 38.5 Å². The van der Waals surface area contributed by atoms with Crippen molar-refractivity contribution in [2.75, 3.05) is 13.2 Å². The van der Waals surface area contributed by atoms with Crippen molar-refractivity contribution in [1.82, 2.24) is 10.6 Å². The molecule has 0 aromatic carbocycles. The summed E-state index contributed by atoms with van der Waals surface area (Å²) in [6.07, 6.45) is 12.4. The minimum absolute atomic E-state index is 0.0516. The topological polar surface area (TPSA) is 84.5 Å². The molecule has 0 aliphatic heterocycles. The molecule has 0 saturated heterocycles. The minimum atomic E-state index is -0.546. The van der Waals surface area contributed by atoms with Crippen LogP contribution in [-0.4, -0.2) is 37.0 Å². The molecule has 5 fully saturated rings. The Hall–Kier alpha value is -1.59. The molecule has 0 unspecified atom stereocenters. The number of rotatable bonds is 7. The summed E-state index contributed by atoms with van der Waals surface area (Å²) >= 11 is 0. The third-order valence-electron chi connectivity index (χ3n) is 7.22. The fraction of sp³-hybridized carbons (Fsp3) is 0.857. The van der Waals surface area contributed by atoms with Crippen LogP contribution in [0.5, 0.6) is 0 Å². The first-order chi connectivity index (χ1) is 13.0. The molecule has 2 N–H and O–H groups in total. The van der Waals surface area contributed by atoms with Gasteiger partial charge in [0.2, 0.25) is 5.91 Å². The molecule has 0 aromatic rings. The van der Waals surface area contributed by atoms with Crippen molar-refractivity contribution in [3.63, 3.8) is 0 Å². The van der Waals surface area contributed by atoms with E-state index in [0.29, 0.717) is 6.42 Å². The summed E-state index contributed by atoms with van der Waals surface area (Å²) in [5, 5.41) is 5.59.